The lowest BCUT2D eigenvalue weighted by Crippen LogP contribution is -2.52. The molecule has 0 aliphatic carbocycles. The molecule has 3 heteroatoms. The molecule has 1 aromatic rings. The number of hydrogen-bond donors (Lipinski definition) is 1. The molecule has 0 amide bonds. The Morgan fingerprint density at radius 3 is 2.45 bits per heavy atom. The highest BCUT2D eigenvalue weighted by Gasteiger charge is 2.38. The van der Waals surface area contributed by atoms with Crippen molar-refractivity contribution in [2.45, 2.75) is 85.0 Å². The summed E-state index contributed by atoms with van der Waals surface area (Å²) in [5.74, 6) is 0.362. The van der Waals surface area contributed by atoms with Crippen molar-refractivity contribution >= 4 is 5.69 Å². The smallest absolute Gasteiger partial charge is 0.129 e. The predicted octanol–water partition coefficient (Wildman–Crippen LogP) is 4.82. The number of nitrogens with one attached hydrogen (secondary N) is 1. The van der Waals surface area contributed by atoms with E-state index in [2.05, 4.69) is 64.7 Å². The van der Waals surface area contributed by atoms with Gasteiger partial charge in [-0.05, 0) is 57.7 Å². The van der Waals surface area contributed by atoms with Crippen molar-refractivity contribution in [2.24, 2.45) is 0 Å². The molecule has 0 saturated carbocycles. The SMILES string of the molecule is CC(C)NCc1cc2c(cc1F)N(C(C)C)C(C)(C)C[C@H]2C. The van der Waals surface area contributed by atoms with E-state index in [1.165, 1.54) is 5.56 Å². The Morgan fingerprint density at radius 2 is 1.91 bits per heavy atom. The summed E-state index contributed by atoms with van der Waals surface area (Å²) in [6.07, 6.45) is 1.10. The van der Waals surface area contributed by atoms with E-state index >= 15 is 0 Å². The Bertz CT molecular complexity index is 534. The van der Waals surface area contributed by atoms with Gasteiger partial charge in [0.25, 0.3) is 0 Å². The van der Waals surface area contributed by atoms with Gasteiger partial charge < -0.3 is 10.2 Å². The minimum atomic E-state index is -0.0950. The summed E-state index contributed by atoms with van der Waals surface area (Å²) in [7, 11) is 0. The van der Waals surface area contributed by atoms with Gasteiger partial charge in [-0.1, -0.05) is 20.8 Å². The van der Waals surface area contributed by atoms with E-state index in [4.69, 9.17) is 0 Å². The van der Waals surface area contributed by atoms with Crippen LogP contribution >= 0.6 is 0 Å². The van der Waals surface area contributed by atoms with Gasteiger partial charge in [0, 0.05) is 35.4 Å². The Balaban J connectivity index is 2.46. The maximum absolute atomic E-state index is 14.6. The number of nitrogens with zero attached hydrogens (tertiary/aromatic N) is 1. The second-order valence-electron chi connectivity index (χ2n) is 7.92. The van der Waals surface area contributed by atoms with Gasteiger partial charge in [-0.25, -0.2) is 4.39 Å². The maximum Gasteiger partial charge on any atom is 0.129 e. The van der Waals surface area contributed by atoms with E-state index < -0.39 is 0 Å². The van der Waals surface area contributed by atoms with Gasteiger partial charge in [0.2, 0.25) is 0 Å². The zero-order valence-corrected chi connectivity index (χ0v) is 15.1. The van der Waals surface area contributed by atoms with Crippen molar-refractivity contribution in [1.29, 1.82) is 0 Å². The molecule has 124 valence electrons. The number of hydrogen-bond acceptors (Lipinski definition) is 2. The van der Waals surface area contributed by atoms with Gasteiger partial charge in [-0.15, -0.1) is 0 Å². The van der Waals surface area contributed by atoms with Gasteiger partial charge >= 0.3 is 0 Å². The molecule has 1 aromatic carbocycles. The summed E-state index contributed by atoms with van der Waals surface area (Å²) >= 11 is 0. The summed E-state index contributed by atoms with van der Waals surface area (Å²) in [4.78, 5) is 2.38. The van der Waals surface area contributed by atoms with Crippen LogP contribution < -0.4 is 10.2 Å². The van der Waals surface area contributed by atoms with Crippen LogP contribution in [0.5, 0.6) is 0 Å². The number of benzene rings is 1. The van der Waals surface area contributed by atoms with E-state index in [9.17, 15) is 4.39 Å². The summed E-state index contributed by atoms with van der Waals surface area (Å²) in [5, 5.41) is 3.32. The highest BCUT2D eigenvalue weighted by Crippen LogP contribution is 2.45. The highest BCUT2D eigenvalue weighted by atomic mass is 19.1. The van der Waals surface area contributed by atoms with Crippen LogP contribution in [-0.4, -0.2) is 17.6 Å². The first-order valence-corrected chi connectivity index (χ1v) is 8.48. The molecule has 0 aromatic heterocycles. The number of fused-ring (bicyclic) bond motifs is 1. The van der Waals surface area contributed by atoms with Crippen LogP contribution in [0.4, 0.5) is 10.1 Å². The van der Waals surface area contributed by atoms with E-state index in [-0.39, 0.29) is 11.4 Å². The molecule has 1 aliphatic heterocycles. The van der Waals surface area contributed by atoms with Crippen LogP contribution in [0.15, 0.2) is 12.1 Å². The van der Waals surface area contributed by atoms with Crippen molar-refractivity contribution in [3.05, 3.63) is 29.1 Å². The van der Waals surface area contributed by atoms with Crippen LogP contribution in [0.2, 0.25) is 0 Å². The fourth-order valence-electron chi connectivity index (χ4n) is 3.94. The van der Waals surface area contributed by atoms with E-state index in [1.54, 1.807) is 6.07 Å². The van der Waals surface area contributed by atoms with Crippen LogP contribution in [0.1, 0.15) is 71.9 Å². The Hall–Kier alpha value is -1.09. The van der Waals surface area contributed by atoms with E-state index in [0.717, 1.165) is 17.7 Å². The number of halogens is 1. The Labute approximate surface area is 135 Å². The average Bonchev–Trinajstić information content (AvgIpc) is 2.34. The van der Waals surface area contributed by atoms with Crippen molar-refractivity contribution in [3.8, 4) is 0 Å². The molecular formula is C19H31FN2. The molecule has 0 saturated heterocycles. The lowest BCUT2D eigenvalue weighted by molar-refractivity contribution is 0.354. The molecule has 1 atom stereocenters. The molecule has 1 N–H and O–H groups in total. The standard InChI is InChI=1S/C19H31FN2/c1-12(2)21-11-15-8-16-14(5)10-19(6,7)22(13(3)4)18(16)9-17(15)20/h8-9,12-14,21H,10-11H2,1-7H3/t14-/m1/s1. The second kappa shape index (κ2) is 6.19. The molecule has 2 nitrogen and oxygen atoms in total. The topological polar surface area (TPSA) is 15.3 Å². The lowest BCUT2D eigenvalue weighted by Gasteiger charge is -2.50. The minimum Gasteiger partial charge on any atom is -0.364 e. The Kier molecular flexibility index (Phi) is 4.86. The first-order valence-electron chi connectivity index (χ1n) is 8.48. The molecule has 1 aliphatic rings. The lowest BCUT2D eigenvalue weighted by atomic mass is 9.78. The number of rotatable bonds is 4. The van der Waals surface area contributed by atoms with Gasteiger partial charge in [0.05, 0.1) is 0 Å². The summed E-state index contributed by atoms with van der Waals surface area (Å²) in [6, 6.07) is 4.55. The number of anilines is 1. The first kappa shape index (κ1) is 17.3. The fourth-order valence-corrected chi connectivity index (χ4v) is 3.94. The third-order valence-electron chi connectivity index (χ3n) is 4.66. The first-order chi connectivity index (χ1) is 10.1. The molecule has 2 rings (SSSR count). The zero-order valence-electron chi connectivity index (χ0n) is 15.1. The van der Waals surface area contributed by atoms with Crippen molar-refractivity contribution < 1.29 is 4.39 Å². The van der Waals surface area contributed by atoms with E-state index in [0.29, 0.717) is 24.5 Å². The van der Waals surface area contributed by atoms with Gasteiger partial charge in [0.1, 0.15) is 5.82 Å². The molecule has 0 radical (unpaired) electrons. The van der Waals surface area contributed by atoms with Crippen LogP contribution in [0, 0.1) is 5.82 Å². The van der Waals surface area contributed by atoms with Gasteiger partial charge in [-0.2, -0.15) is 0 Å². The second-order valence-corrected chi connectivity index (χ2v) is 7.92. The van der Waals surface area contributed by atoms with Crippen LogP contribution in [0.25, 0.3) is 0 Å². The molecule has 0 fully saturated rings. The summed E-state index contributed by atoms with van der Waals surface area (Å²) < 4.78 is 14.6. The molecule has 1 heterocycles. The van der Waals surface area contributed by atoms with Crippen molar-refractivity contribution in [1.82, 2.24) is 5.32 Å². The minimum absolute atomic E-state index is 0.0602. The molecule has 22 heavy (non-hydrogen) atoms. The molecule has 0 spiro atoms. The van der Waals surface area contributed by atoms with Crippen molar-refractivity contribution in [3.63, 3.8) is 0 Å². The van der Waals surface area contributed by atoms with E-state index in [1.807, 2.05) is 0 Å². The van der Waals surface area contributed by atoms with Gasteiger partial charge in [-0.3, -0.25) is 0 Å². The van der Waals surface area contributed by atoms with Gasteiger partial charge in [0.15, 0.2) is 0 Å². The van der Waals surface area contributed by atoms with Crippen molar-refractivity contribution in [2.75, 3.05) is 4.90 Å². The third kappa shape index (κ3) is 3.29. The van der Waals surface area contributed by atoms with Crippen LogP contribution in [0.3, 0.4) is 0 Å². The Morgan fingerprint density at radius 1 is 1.27 bits per heavy atom. The monoisotopic (exact) mass is 306 g/mol. The normalized spacial score (nSPS) is 20.6. The largest absolute Gasteiger partial charge is 0.364 e. The highest BCUT2D eigenvalue weighted by molar-refractivity contribution is 5.61. The molecule has 0 bridgehead atoms. The summed E-state index contributed by atoms with van der Waals surface area (Å²) in [6.45, 7) is 15.9. The molecular weight excluding hydrogens is 275 g/mol. The maximum atomic E-state index is 14.6. The molecule has 0 unspecified atom stereocenters. The third-order valence-corrected chi connectivity index (χ3v) is 4.66. The van der Waals surface area contributed by atoms with Crippen LogP contribution in [-0.2, 0) is 6.54 Å². The average molecular weight is 306 g/mol. The summed E-state index contributed by atoms with van der Waals surface area (Å²) in [5.41, 5.74) is 3.20. The zero-order chi connectivity index (χ0) is 16.7. The predicted molar refractivity (Wildman–Crippen MR) is 93.1 cm³/mol. The fraction of sp³-hybridized carbons (Fsp3) is 0.684. The quantitative estimate of drug-likeness (QED) is 0.857.